The summed E-state index contributed by atoms with van der Waals surface area (Å²) >= 11 is 0. The number of benzene rings is 1. The summed E-state index contributed by atoms with van der Waals surface area (Å²) in [6, 6.07) is 4.04. The van der Waals surface area contributed by atoms with Crippen LogP contribution in [0.4, 0.5) is 18.9 Å². The molecule has 0 saturated carbocycles. The van der Waals surface area contributed by atoms with Gasteiger partial charge in [-0.1, -0.05) is 0 Å². The van der Waals surface area contributed by atoms with Crippen LogP contribution in [-0.2, 0) is 10.0 Å². The minimum Gasteiger partial charge on any atom is -0.508 e. The van der Waals surface area contributed by atoms with Crippen molar-refractivity contribution in [3.63, 3.8) is 0 Å². The van der Waals surface area contributed by atoms with Gasteiger partial charge in [0.15, 0.2) is 0 Å². The van der Waals surface area contributed by atoms with Crippen LogP contribution in [0.2, 0.25) is 0 Å². The number of hydrogen-bond acceptors (Lipinski definition) is 3. The van der Waals surface area contributed by atoms with E-state index in [9.17, 15) is 26.7 Å². The Labute approximate surface area is 109 Å². The predicted octanol–water partition coefficient (Wildman–Crippen LogP) is 2.78. The minimum atomic E-state index is -4.36. The third-order valence-corrected chi connectivity index (χ3v) is 3.72. The van der Waals surface area contributed by atoms with Crippen LogP contribution in [-0.4, -0.2) is 25.5 Å². The van der Waals surface area contributed by atoms with Gasteiger partial charge in [0.1, 0.15) is 5.75 Å². The van der Waals surface area contributed by atoms with E-state index in [0.29, 0.717) is 5.56 Å². The standard InChI is InChI=1S/C11H14F3NO3S/c1-8-7-9(3-4-10(8)16)15-19(17,18)6-2-5-11(12,13)14/h3-4,7,15-16H,2,5-6H2,1H3. The summed E-state index contributed by atoms with van der Waals surface area (Å²) < 4.78 is 61.0. The number of nitrogens with one attached hydrogen (secondary N) is 1. The molecule has 0 bridgehead atoms. The lowest BCUT2D eigenvalue weighted by molar-refractivity contribution is -0.134. The first kappa shape index (κ1) is 15.6. The lowest BCUT2D eigenvalue weighted by atomic mass is 10.2. The van der Waals surface area contributed by atoms with Gasteiger partial charge in [-0.25, -0.2) is 8.42 Å². The van der Waals surface area contributed by atoms with Crippen molar-refractivity contribution < 1.29 is 26.7 Å². The van der Waals surface area contributed by atoms with Crippen molar-refractivity contribution >= 4 is 15.7 Å². The molecule has 0 aliphatic carbocycles. The Morgan fingerprint density at radius 3 is 2.47 bits per heavy atom. The average Bonchev–Trinajstić information content (AvgIpc) is 2.20. The Hall–Kier alpha value is -1.44. The van der Waals surface area contributed by atoms with Crippen LogP contribution >= 0.6 is 0 Å². The summed E-state index contributed by atoms with van der Waals surface area (Å²) in [5, 5.41) is 9.27. The second-order valence-electron chi connectivity index (χ2n) is 4.14. The number of rotatable bonds is 5. The molecular formula is C11H14F3NO3S. The van der Waals surface area contributed by atoms with Gasteiger partial charge in [-0.15, -0.1) is 0 Å². The second kappa shape index (κ2) is 5.68. The fourth-order valence-corrected chi connectivity index (χ4v) is 2.52. The van der Waals surface area contributed by atoms with Gasteiger partial charge in [0.25, 0.3) is 0 Å². The van der Waals surface area contributed by atoms with E-state index in [0.717, 1.165) is 0 Å². The van der Waals surface area contributed by atoms with E-state index in [1.807, 2.05) is 0 Å². The lowest BCUT2D eigenvalue weighted by Gasteiger charge is -2.10. The van der Waals surface area contributed by atoms with Gasteiger partial charge in [-0.2, -0.15) is 13.2 Å². The zero-order valence-corrected chi connectivity index (χ0v) is 11.0. The number of hydrogen-bond donors (Lipinski definition) is 2. The Bertz CT molecular complexity index is 541. The van der Waals surface area contributed by atoms with Crippen molar-refractivity contribution in [3.8, 4) is 5.75 Å². The molecule has 0 heterocycles. The van der Waals surface area contributed by atoms with Crippen molar-refractivity contribution in [1.82, 2.24) is 0 Å². The van der Waals surface area contributed by atoms with E-state index in [1.165, 1.54) is 18.2 Å². The molecule has 19 heavy (non-hydrogen) atoms. The first-order valence-corrected chi connectivity index (χ1v) is 7.11. The quantitative estimate of drug-likeness (QED) is 0.821. The molecular weight excluding hydrogens is 283 g/mol. The maximum atomic E-state index is 11.9. The summed E-state index contributed by atoms with van der Waals surface area (Å²) in [6.07, 6.45) is -5.98. The smallest absolute Gasteiger partial charge is 0.389 e. The molecule has 0 aliphatic rings. The van der Waals surface area contributed by atoms with Crippen LogP contribution in [0, 0.1) is 6.92 Å². The Morgan fingerprint density at radius 1 is 1.32 bits per heavy atom. The molecule has 4 nitrogen and oxygen atoms in total. The van der Waals surface area contributed by atoms with Gasteiger partial charge in [0, 0.05) is 12.1 Å². The normalized spacial score (nSPS) is 12.4. The number of sulfonamides is 1. The fourth-order valence-electron chi connectivity index (χ4n) is 1.41. The molecule has 0 atom stereocenters. The SMILES string of the molecule is Cc1cc(NS(=O)(=O)CCCC(F)(F)F)ccc1O. The Balaban J connectivity index is 2.61. The molecule has 1 aromatic rings. The number of halogens is 3. The first-order valence-electron chi connectivity index (χ1n) is 5.46. The molecule has 0 fully saturated rings. The highest BCUT2D eigenvalue weighted by Crippen LogP contribution is 2.23. The number of aryl methyl sites for hydroxylation is 1. The molecule has 0 aliphatic heterocycles. The van der Waals surface area contributed by atoms with E-state index in [-0.39, 0.29) is 11.4 Å². The summed E-state index contributed by atoms with van der Waals surface area (Å²) in [5.74, 6) is -0.591. The van der Waals surface area contributed by atoms with E-state index in [4.69, 9.17) is 0 Å². The van der Waals surface area contributed by atoms with E-state index >= 15 is 0 Å². The van der Waals surface area contributed by atoms with Crippen molar-refractivity contribution in [3.05, 3.63) is 23.8 Å². The number of phenols is 1. The zero-order valence-electron chi connectivity index (χ0n) is 10.2. The zero-order chi connectivity index (χ0) is 14.7. The summed E-state index contributed by atoms with van der Waals surface area (Å²) in [4.78, 5) is 0. The van der Waals surface area contributed by atoms with Gasteiger partial charge < -0.3 is 5.11 Å². The molecule has 108 valence electrons. The predicted molar refractivity (Wildman–Crippen MR) is 65.5 cm³/mol. The Morgan fingerprint density at radius 2 is 1.95 bits per heavy atom. The van der Waals surface area contributed by atoms with E-state index < -0.39 is 34.8 Å². The molecule has 0 spiro atoms. The largest absolute Gasteiger partial charge is 0.508 e. The minimum absolute atomic E-state index is 0.0139. The molecule has 0 radical (unpaired) electrons. The van der Waals surface area contributed by atoms with Crippen LogP contribution in [0.1, 0.15) is 18.4 Å². The first-order chi connectivity index (χ1) is 8.59. The third kappa shape index (κ3) is 5.82. The maximum absolute atomic E-state index is 11.9. The van der Waals surface area contributed by atoms with Gasteiger partial charge >= 0.3 is 6.18 Å². The van der Waals surface area contributed by atoms with Crippen molar-refractivity contribution in [2.45, 2.75) is 25.9 Å². The highest BCUT2D eigenvalue weighted by atomic mass is 32.2. The highest BCUT2D eigenvalue weighted by molar-refractivity contribution is 7.92. The van der Waals surface area contributed by atoms with Crippen molar-refractivity contribution in [2.24, 2.45) is 0 Å². The summed E-state index contributed by atoms with van der Waals surface area (Å²) in [5.41, 5.74) is 0.679. The molecule has 0 unspecified atom stereocenters. The van der Waals surface area contributed by atoms with Crippen LogP contribution in [0.25, 0.3) is 0 Å². The highest BCUT2D eigenvalue weighted by Gasteiger charge is 2.27. The van der Waals surface area contributed by atoms with Crippen LogP contribution in [0.15, 0.2) is 18.2 Å². The van der Waals surface area contributed by atoms with Crippen molar-refractivity contribution in [1.29, 1.82) is 0 Å². The molecule has 0 aromatic heterocycles. The monoisotopic (exact) mass is 297 g/mol. The Kier molecular flexibility index (Phi) is 4.67. The van der Waals surface area contributed by atoms with Gasteiger partial charge in [0.05, 0.1) is 5.75 Å². The van der Waals surface area contributed by atoms with Crippen molar-refractivity contribution in [2.75, 3.05) is 10.5 Å². The average molecular weight is 297 g/mol. The summed E-state index contributed by atoms with van der Waals surface area (Å²) in [6.45, 7) is 1.58. The fraction of sp³-hybridized carbons (Fsp3) is 0.455. The van der Waals surface area contributed by atoms with Crippen LogP contribution < -0.4 is 4.72 Å². The van der Waals surface area contributed by atoms with Gasteiger partial charge in [0.2, 0.25) is 10.0 Å². The third-order valence-electron chi connectivity index (χ3n) is 2.34. The van der Waals surface area contributed by atoms with Gasteiger partial charge in [-0.05, 0) is 37.1 Å². The molecule has 0 saturated heterocycles. The van der Waals surface area contributed by atoms with Crippen LogP contribution in [0.3, 0.4) is 0 Å². The van der Waals surface area contributed by atoms with Crippen LogP contribution in [0.5, 0.6) is 5.75 Å². The molecule has 8 heteroatoms. The maximum Gasteiger partial charge on any atom is 0.389 e. The van der Waals surface area contributed by atoms with E-state index in [2.05, 4.69) is 4.72 Å². The number of alkyl halides is 3. The van der Waals surface area contributed by atoms with Gasteiger partial charge in [-0.3, -0.25) is 4.72 Å². The second-order valence-corrected chi connectivity index (χ2v) is 5.98. The molecule has 1 aromatic carbocycles. The molecule has 2 N–H and O–H groups in total. The summed E-state index contributed by atoms with van der Waals surface area (Å²) in [7, 11) is -3.82. The lowest BCUT2D eigenvalue weighted by Crippen LogP contribution is -2.18. The van der Waals surface area contributed by atoms with E-state index in [1.54, 1.807) is 6.92 Å². The molecule has 0 amide bonds. The number of phenolic OH excluding ortho intramolecular Hbond substituents is 1. The topological polar surface area (TPSA) is 66.4 Å². The number of aromatic hydroxyl groups is 1. The number of anilines is 1. The molecule has 1 rings (SSSR count).